The Kier molecular flexibility index (Phi) is 5.54. The van der Waals surface area contributed by atoms with Gasteiger partial charge in [-0.3, -0.25) is 19.2 Å². The van der Waals surface area contributed by atoms with Crippen LogP contribution >= 0.6 is 0 Å². The smallest absolute Gasteiger partial charge is 0.308 e. The first-order valence-electron chi connectivity index (χ1n) is 8.65. The van der Waals surface area contributed by atoms with Crippen LogP contribution < -0.4 is 19.6 Å². The van der Waals surface area contributed by atoms with Crippen LogP contribution in [0.4, 0.5) is 0 Å². The van der Waals surface area contributed by atoms with E-state index in [9.17, 15) is 24.3 Å². The van der Waals surface area contributed by atoms with Gasteiger partial charge in [0.1, 0.15) is 22.5 Å². The van der Waals surface area contributed by atoms with Gasteiger partial charge in [0.05, 0.1) is 0 Å². The molecule has 0 saturated carbocycles. The zero-order valence-electron chi connectivity index (χ0n) is 16.2. The van der Waals surface area contributed by atoms with Gasteiger partial charge in [-0.15, -0.1) is 0 Å². The molecule has 154 valence electrons. The molecule has 0 spiro atoms. The summed E-state index contributed by atoms with van der Waals surface area (Å²) in [4.78, 5) is 46.4. The lowest BCUT2D eigenvalue weighted by atomic mass is 10.1. The highest BCUT2D eigenvalue weighted by Gasteiger charge is 2.22. The summed E-state index contributed by atoms with van der Waals surface area (Å²) < 4.78 is 20.6. The van der Waals surface area contributed by atoms with Crippen LogP contribution in [-0.2, 0) is 14.4 Å². The van der Waals surface area contributed by atoms with E-state index in [1.807, 2.05) is 0 Å². The van der Waals surface area contributed by atoms with E-state index in [-0.39, 0.29) is 22.5 Å². The Balaban J connectivity index is 2.16. The number of hydrogen-bond acceptors (Lipinski definition) is 9. The van der Waals surface area contributed by atoms with Crippen molar-refractivity contribution in [2.75, 3.05) is 0 Å². The van der Waals surface area contributed by atoms with Crippen LogP contribution in [0.1, 0.15) is 20.8 Å². The Morgan fingerprint density at radius 3 is 2.03 bits per heavy atom. The van der Waals surface area contributed by atoms with E-state index >= 15 is 0 Å². The summed E-state index contributed by atoms with van der Waals surface area (Å²) in [7, 11) is 0. The number of fused-ring (bicyclic) bond motifs is 1. The number of ether oxygens (including phenoxy) is 3. The molecule has 0 unspecified atom stereocenters. The number of carbonyl (C=O) groups excluding carboxylic acids is 3. The Morgan fingerprint density at radius 2 is 1.47 bits per heavy atom. The predicted octanol–water partition coefficient (Wildman–Crippen LogP) is 2.94. The van der Waals surface area contributed by atoms with Crippen LogP contribution in [0.3, 0.4) is 0 Å². The molecular formula is C21H16O9. The fourth-order valence-electron chi connectivity index (χ4n) is 2.73. The summed E-state index contributed by atoms with van der Waals surface area (Å²) in [5, 5.41) is 10.2. The molecule has 0 amide bonds. The van der Waals surface area contributed by atoms with E-state index in [0.717, 1.165) is 19.9 Å². The van der Waals surface area contributed by atoms with Crippen LogP contribution in [0.25, 0.3) is 22.3 Å². The lowest BCUT2D eigenvalue weighted by Crippen LogP contribution is -2.09. The predicted molar refractivity (Wildman–Crippen MR) is 104 cm³/mol. The summed E-state index contributed by atoms with van der Waals surface area (Å²) >= 11 is 0. The van der Waals surface area contributed by atoms with Gasteiger partial charge >= 0.3 is 17.9 Å². The van der Waals surface area contributed by atoms with E-state index in [1.165, 1.54) is 25.1 Å². The summed E-state index contributed by atoms with van der Waals surface area (Å²) in [6.45, 7) is 3.48. The molecule has 1 heterocycles. The van der Waals surface area contributed by atoms with E-state index in [4.69, 9.17) is 18.6 Å². The lowest BCUT2D eigenvalue weighted by Gasteiger charge is -2.12. The highest BCUT2D eigenvalue weighted by Crippen LogP contribution is 2.42. The maximum Gasteiger partial charge on any atom is 0.308 e. The number of phenolic OH excluding ortho intramolecular Hbond substituents is 1. The van der Waals surface area contributed by atoms with E-state index in [2.05, 4.69) is 0 Å². The molecule has 9 heteroatoms. The number of esters is 3. The Hall–Kier alpha value is -4.14. The molecule has 0 radical (unpaired) electrons. The molecule has 3 rings (SSSR count). The minimum Gasteiger partial charge on any atom is -0.504 e. The third-order valence-corrected chi connectivity index (χ3v) is 3.81. The second-order valence-corrected chi connectivity index (χ2v) is 6.21. The van der Waals surface area contributed by atoms with Gasteiger partial charge in [-0.1, -0.05) is 0 Å². The van der Waals surface area contributed by atoms with Crippen LogP contribution in [-0.4, -0.2) is 23.0 Å². The molecule has 0 fully saturated rings. The largest absolute Gasteiger partial charge is 0.504 e. The standard InChI is InChI=1S/C21H16O9/c1-10(22)27-14-6-4-13(5-7-14)16-8-15(25)19-17(30-16)9-18(28-11(2)23)21(20(19)26)29-12(3)24/h4-9,26H,1-3H3. The first kappa shape index (κ1) is 20.6. The maximum atomic E-state index is 12.6. The Morgan fingerprint density at radius 1 is 0.867 bits per heavy atom. The van der Waals surface area contributed by atoms with Crippen molar-refractivity contribution in [1.29, 1.82) is 0 Å². The van der Waals surface area contributed by atoms with Crippen molar-refractivity contribution < 1.29 is 38.1 Å². The molecule has 1 N–H and O–H groups in total. The molecule has 0 bridgehead atoms. The van der Waals surface area contributed by atoms with Gasteiger partial charge in [-0.05, 0) is 24.3 Å². The molecule has 30 heavy (non-hydrogen) atoms. The molecule has 1 aromatic heterocycles. The number of benzene rings is 2. The molecule has 0 saturated heterocycles. The second-order valence-electron chi connectivity index (χ2n) is 6.21. The fourth-order valence-corrected chi connectivity index (χ4v) is 2.73. The van der Waals surface area contributed by atoms with Gasteiger partial charge in [0.25, 0.3) is 0 Å². The Bertz CT molecular complexity index is 1220. The SMILES string of the molecule is CC(=O)Oc1ccc(-c2cc(=O)c3c(O)c(OC(C)=O)c(OC(C)=O)cc3o2)cc1. The minimum atomic E-state index is -0.785. The van der Waals surface area contributed by atoms with Gasteiger partial charge in [-0.25, -0.2) is 0 Å². The van der Waals surface area contributed by atoms with Crippen molar-refractivity contribution in [3.05, 3.63) is 46.6 Å². The van der Waals surface area contributed by atoms with Crippen molar-refractivity contribution in [3.8, 4) is 34.3 Å². The van der Waals surface area contributed by atoms with Crippen LogP contribution in [0.5, 0.6) is 23.0 Å². The monoisotopic (exact) mass is 412 g/mol. The highest BCUT2D eigenvalue weighted by atomic mass is 16.6. The zero-order chi connectivity index (χ0) is 22.0. The molecule has 2 aromatic carbocycles. The summed E-state index contributed by atoms with van der Waals surface area (Å²) in [5.41, 5.74) is -0.218. The van der Waals surface area contributed by atoms with Gasteiger partial charge < -0.3 is 23.7 Å². The van der Waals surface area contributed by atoms with Gasteiger partial charge in [-0.2, -0.15) is 0 Å². The van der Waals surface area contributed by atoms with Gasteiger partial charge in [0.2, 0.25) is 5.75 Å². The third-order valence-electron chi connectivity index (χ3n) is 3.81. The molecule has 0 atom stereocenters. The first-order chi connectivity index (χ1) is 14.2. The van der Waals surface area contributed by atoms with Crippen molar-refractivity contribution in [1.82, 2.24) is 0 Å². The second kappa shape index (κ2) is 8.08. The van der Waals surface area contributed by atoms with Gasteiger partial charge in [0, 0.05) is 38.5 Å². The number of aromatic hydroxyl groups is 1. The summed E-state index contributed by atoms with van der Waals surface area (Å²) in [6, 6.07) is 8.50. The fraction of sp³-hybridized carbons (Fsp3) is 0.143. The van der Waals surface area contributed by atoms with Crippen LogP contribution in [0, 0.1) is 0 Å². The topological polar surface area (TPSA) is 129 Å². The number of phenols is 1. The van der Waals surface area contributed by atoms with E-state index in [1.54, 1.807) is 12.1 Å². The molecule has 0 aliphatic heterocycles. The third kappa shape index (κ3) is 4.30. The maximum absolute atomic E-state index is 12.6. The van der Waals surface area contributed by atoms with Crippen molar-refractivity contribution in [2.24, 2.45) is 0 Å². The van der Waals surface area contributed by atoms with Crippen molar-refractivity contribution >= 4 is 28.9 Å². The van der Waals surface area contributed by atoms with Gasteiger partial charge in [0.15, 0.2) is 16.9 Å². The summed E-state index contributed by atoms with van der Waals surface area (Å²) in [5.74, 6) is -2.97. The molecule has 0 aliphatic rings. The Labute approximate surface area is 169 Å². The zero-order valence-corrected chi connectivity index (χ0v) is 16.2. The average molecular weight is 412 g/mol. The van der Waals surface area contributed by atoms with Crippen molar-refractivity contribution in [3.63, 3.8) is 0 Å². The average Bonchev–Trinajstić information content (AvgIpc) is 2.63. The molecule has 3 aromatic rings. The van der Waals surface area contributed by atoms with E-state index < -0.39 is 34.8 Å². The minimum absolute atomic E-state index is 0.0915. The normalized spacial score (nSPS) is 10.5. The number of hydrogen-bond donors (Lipinski definition) is 1. The van der Waals surface area contributed by atoms with Crippen LogP contribution in [0.15, 0.2) is 45.6 Å². The number of rotatable bonds is 4. The lowest BCUT2D eigenvalue weighted by molar-refractivity contribution is -0.134. The first-order valence-corrected chi connectivity index (χ1v) is 8.65. The molecular weight excluding hydrogens is 396 g/mol. The van der Waals surface area contributed by atoms with Crippen molar-refractivity contribution in [2.45, 2.75) is 20.8 Å². The quantitative estimate of drug-likeness (QED) is 0.508. The molecule has 9 nitrogen and oxygen atoms in total. The highest BCUT2D eigenvalue weighted by molar-refractivity contribution is 5.91. The van der Waals surface area contributed by atoms with Crippen LogP contribution in [0.2, 0.25) is 0 Å². The summed E-state index contributed by atoms with van der Waals surface area (Å²) in [6.07, 6.45) is 0. The molecule has 0 aliphatic carbocycles. The van der Waals surface area contributed by atoms with E-state index in [0.29, 0.717) is 11.3 Å². The number of carbonyl (C=O) groups is 3.